The number of allylic oxidation sites excluding steroid dienone is 6. The molecule has 0 spiro atoms. The standard InChI is InChI=1S/C18H30O2.C8H16O2/c1-2-3-4-5-6-7-8-9-10-11-12-13-14-15-16-17-18(19)20;1-2-3-4-5-6-7-8(9)10/h3-4,6-7,9-10H,2,5,8,11-17H2,1H3,(H,19,20);2-7H2,1H3,(H,9,10)/b4-3+,7-6+,10-9+;. The van der Waals surface area contributed by atoms with Gasteiger partial charge in [0.1, 0.15) is 0 Å². The van der Waals surface area contributed by atoms with Gasteiger partial charge in [0.15, 0.2) is 0 Å². The molecule has 0 aromatic rings. The maximum absolute atomic E-state index is 10.3. The fourth-order valence-corrected chi connectivity index (χ4v) is 2.78. The highest BCUT2D eigenvalue weighted by Crippen LogP contribution is 2.08. The van der Waals surface area contributed by atoms with E-state index in [-0.39, 0.29) is 0 Å². The SMILES string of the molecule is CC/C=C/C/C=C/C/C=C/CCCCCCCC(=O)O.CCCCCCCC(=O)O. The maximum atomic E-state index is 10.3. The summed E-state index contributed by atoms with van der Waals surface area (Å²) >= 11 is 0. The topological polar surface area (TPSA) is 74.6 Å². The molecule has 0 saturated heterocycles. The van der Waals surface area contributed by atoms with Crippen LogP contribution in [0.4, 0.5) is 0 Å². The summed E-state index contributed by atoms with van der Waals surface area (Å²) in [5.41, 5.74) is 0. The van der Waals surface area contributed by atoms with E-state index in [0.717, 1.165) is 57.8 Å². The van der Waals surface area contributed by atoms with Gasteiger partial charge in [0.05, 0.1) is 0 Å². The summed E-state index contributed by atoms with van der Waals surface area (Å²) in [6.45, 7) is 4.30. The quantitative estimate of drug-likeness (QED) is 0.163. The minimum atomic E-state index is -0.675. The average molecular weight is 423 g/mol. The van der Waals surface area contributed by atoms with Crippen LogP contribution in [0, 0.1) is 0 Å². The molecular weight excluding hydrogens is 376 g/mol. The summed E-state index contributed by atoms with van der Waals surface area (Å²) in [7, 11) is 0. The summed E-state index contributed by atoms with van der Waals surface area (Å²) in [6, 6.07) is 0. The van der Waals surface area contributed by atoms with E-state index in [9.17, 15) is 9.59 Å². The Kier molecular flexibility index (Phi) is 27.5. The molecule has 174 valence electrons. The van der Waals surface area contributed by atoms with Gasteiger partial charge in [0, 0.05) is 12.8 Å². The highest BCUT2D eigenvalue weighted by atomic mass is 16.4. The van der Waals surface area contributed by atoms with Gasteiger partial charge in [-0.1, -0.05) is 95.2 Å². The average Bonchev–Trinajstić information content (AvgIpc) is 2.71. The summed E-state index contributed by atoms with van der Waals surface area (Å²) in [4.78, 5) is 20.3. The first kappa shape index (κ1) is 30.4. The summed E-state index contributed by atoms with van der Waals surface area (Å²) in [5.74, 6) is -1.34. The highest BCUT2D eigenvalue weighted by Gasteiger charge is 1.96. The fourth-order valence-electron chi connectivity index (χ4n) is 2.78. The second kappa shape index (κ2) is 27.2. The Labute approximate surface area is 185 Å². The molecule has 0 aliphatic rings. The number of rotatable bonds is 19. The Morgan fingerprint density at radius 1 is 0.567 bits per heavy atom. The minimum Gasteiger partial charge on any atom is -0.481 e. The van der Waals surface area contributed by atoms with Gasteiger partial charge in [-0.25, -0.2) is 0 Å². The Balaban J connectivity index is 0. The highest BCUT2D eigenvalue weighted by molar-refractivity contribution is 5.66. The van der Waals surface area contributed by atoms with Gasteiger partial charge in [-0.05, 0) is 44.9 Å². The van der Waals surface area contributed by atoms with Crippen LogP contribution >= 0.6 is 0 Å². The van der Waals surface area contributed by atoms with Crippen molar-refractivity contribution in [2.75, 3.05) is 0 Å². The molecule has 4 nitrogen and oxygen atoms in total. The zero-order valence-corrected chi connectivity index (χ0v) is 19.5. The largest absolute Gasteiger partial charge is 0.481 e. The van der Waals surface area contributed by atoms with Crippen LogP contribution in [-0.4, -0.2) is 22.2 Å². The van der Waals surface area contributed by atoms with Crippen molar-refractivity contribution < 1.29 is 19.8 Å². The zero-order chi connectivity index (χ0) is 22.7. The van der Waals surface area contributed by atoms with Gasteiger partial charge in [0.25, 0.3) is 0 Å². The van der Waals surface area contributed by atoms with Crippen molar-refractivity contribution in [2.24, 2.45) is 0 Å². The van der Waals surface area contributed by atoms with E-state index in [1.165, 1.54) is 32.1 Å². The van der Waals surface area contributed by atoms with Gasteiger partial charge in [-0.2, -0.15) is 0 Å². The molecule has 0 atom stereocenters. The third-order valence-electron chi connectivity index (χ3n) is 4.54. The van der Waals surface area contributed by atoms with E-state index >= 15 is 0 Å². The van der Waals surface area contributed by atoms with Crippen LogP contribution in [0.15, 0.2) is 36.5 Å². The second-order valence-corrected chi connectivity index (χ2v) is 7.55. The Bertz CT molecular complexity index is 464. The van der Waals surface area contributed by atoms with E-state index in [2.05, 4.69) is 50.3 Å². The van der Waals surface area contributed by atoms with Crippen molar-refractivity contribution in [3.8, 4) is 0 Å². The number of carbonyl (C=O) groups is 2. The van der Waals surface area contributed by atoms with Crippen LogP contribution in [0.2, 0.25) is 0 Å². The first-order valence-electron chi connectivity index (χ1n) is 11.9. The normalized spacial score (nSPS) is 11.3. The molecule has 4 heteroatoms. The molecule has 30 heavy (non-hydrogen) atoms. The van der Waals surface area contributed by atoms with Crippen LogP contribution in [0.1, 0.15) is 117 Å². The van der Waals surface area contributed by atoms with Crippen LogP contribution in [0.3, 0.4) is 0 Å². The van der Waals surface area contributed by atoms with E-state index in [4.69, 9.17) is 10.2 Å². The predicted molar refractivity (Wildman–Crippen MR) is 128 cm³/mol. The van der Waals surface area contributed by atoms with Gasteiger partial charge in [0.2, 0.25) is 0 Å². The number of carboxylic acid groups (broad SMARTS) is 2. The van der Waals surface area contributed by atoms with Crippen LogP contribution in [-0.2, 0) is 9.59 Å². The van der Waals surface area contributed by atoms with Crippen molar-refractivity contribution in [3.63, 3.8) is 0 Å². The van der Waals surface area contributed by atoms with Crippen molar-refractivity contribution >= 4 is 11.9 Å². The van der Waals surface area contributed by atoms with Crippen molar-refractivity contribution in [1.82, 2.24) is 0 Å². The first-order valence-corrected chi connectivity index (χ1v) is 11.9. The second-order valence-electron chi connectivity index (χ2n) is 7.55. The molecule has 0 aliphatic heterocycles. The molecular formula is C26H46O4. The molecule has 0 aromatic carbocycles. The van der Waals surface area contributed by atoms with Gasteiger partial charge >= 0.3 is 11.9 Å². The molecule has 0 radical (unpaired) electrons. The summed E-state index contributed by atoms with van der Waals surface area (Å²) in [6.07, 6.45) is 29.3. The molecule has 0 rings (SSSR count). The molecule has 0 fully saturated rings. The molecule has 0 aromatic heterocycles. The van der Waals surface area contributed by atoms with Gasteiger partial charge < -0.3 is 10.2 Å². The molecule has 2 N–H and O–H groups in total. The third-order valence-corrected chi connectivity index (χ3v) is 4.54. The van der Waals surface area contributed by atoms with Crippen LogP contribution < -0.4 is 0 Å². The molecule has 0 aliphatic carbocycles. The van der Waals surface area contributed by atoms with Crippen LogP contribution in [0.25, 0.3) is 0 Å². The maximum Gasteiger partial charge on any atom is 0.303 e. The van der Waals surface area contributed by atoms with E-state index in [0.29, 0.717) is 12.8 Å². The number of aliphatic carboxylic acids is 2. The van der Waals surface area contributed by atoms with Crippen LogP contribution in [0.5, 0.6) is 0 Å². The van der Waals surface area contributed by atoms with E-state index < -0.39 is 11.9 Å². The zero-order valence-electron chi connectivity index (χ0n) is 19.5. The Hall–Kier alpha value is -1.84. The smallest absolute Gasteiger partial charge is 0.303 e. The van der Waals surface area contributed by atoms with Gasteiger partial charge in [-0.15, -0.1) is 0 Å². The molecule has 0 unspecified atom stereocenters. The molecule has 0 bridgehead atoms. The number of carboxylic acids is 2. The number of hydrogen-bond donors (Lipinski definition) is 2. The lowest BCUT2D eigenvalue weighted by Gasteiger charge is -1.98. The van der Waals surface area contributed by atoms with Crippen molar-refractivity contribution in [3.05, 3.63) is 36.5 Å². The lowest BCUT2D eigenvalue weighted by molar-refractivity contribution is -0.138. The Morgan fingerprint density at radius 3 is 1.50 bits per heavy atom. The lowest BCUT2D eigenvalue weighted by Crippen LogP contribution is -1.93. The molecule has 0 amide bonds. The fraction of sp³-hybridized carbons (Fsp3) is 0.692. The number of unbranched alkanes of at least 4 members (excludes halogenated alkanes) is 9. The first-order chi connectivity index (χ1) is 14.5. The molecule has 0 heterocycles. The van der Waals surface area contributed by atoms with Crippen molar-refractivity contribution in [2.45, 2.75) is 117 Å². The Morgan fingerprint density at radius 2 is 1.00 bits per heavy atom. The van der Waals surface area contributed by atoms with E-state index in [1.807, 2.05) is 0 Å². The minimum absolute atomic E-state index is 0.319. The lowest BCUT2D eigenvalue weighted by atomic mass is 10.1. The van der Waals surface area contributed by atoms with Gasteiger partial charge in [-0.3, -0.25) is 9.59 Å². The third kappa shape index (κ3) is 33.7. The van der Waals surface area contributed by atoms with E-state index in [1.54, 1.807) is 0 Å². The predicted octanol–water partition coefficient (Wildman–Crippen LogP) is 8.09. The number of hydrogen-bond acceptors (Lipinski definition) is 2. The molecule has 0 saturated carbocycles. The monoisotopic (exact) mass is 422 g/mol. The van der Waals surface area contributed by atoms with Crippen molar-refractivity contribution in [1.29, 1.82) is 0 Å². The summed E-state index contributed by atoms with van der Waals surface area (Å²) in [5, 5.41) is 16.8. The summed E-state index contributed by atoms with van der Waals surface area (Å²) < 4.78 is 0.